The molecule has 3 heteroatoms. The van der Waals surface area contributed by atoms with Gasteiger partial charge in [-0.3, -0.25) is 4.79 Å². The van der Waals surface area contributed by atoms with Crippen molar-refractivity contribution in [3.8, 4) is 11.5 Å². The van der Waals surface area contributed by atoms with E-state index in [1.54, 1.807) is 25.1 Å². The highest BCUT2D eigenvalue weighted by Gasteiger charge is 2.11. The van der Waals surface area contributed by atoms with Gasteiger partial charge in [0.2, 0.25) is 0 Å². The molecule has 0 bridgehead atoms. The lowest BCUT2D eigenvalue weighted by molar-refractivity contribution is 0.0967. The molecule has 0 saturated carbocycles. The number of carbonyl (C=O) groups excluding carboxylic acids is 1. The predicted octanol–water partition coefficient (Wildman–Crippen LogP) is 3.01. The van der Waals surface area contributed by atoms with Gasteiger partial charge in [0, 0.05) is 5.56 Å². The Morgan fingerprint density at radius 1 is 1.06 bits per heavy atom. The number of hydrogen-bond donors (Lipinski definition) is 1. The van der Waals surface area contributed by atoms with Crippen LogP contribution in [0.2, 0.25) is 0 Å². The molecule has 1 atom stereocenters. The molecule has 0 spiro atoms. The van der Waals surface area contributed by atoms with E-state index in [-0.39, 0.29) is 5.78 Å². The highest BCUT2D eigenvalue weighted by Crippen LogP contribution is 2.22. The Morgan fingerprint density at radius 3 is 2.39 bits per heavy atom. The van der Waals surface area contributed by atoms with Crippen molar-refractivity contribution in [3.63, 3.8) is 0 Å². The molecule has 2 aromatic carbocycles. The van der Waals surface area contributed by atoms with Crippen LogP contribution in [0, 0.1) is 0 Å². The minimum atomic E-state index is -0.503. The molecule has 0 aliphatic carbocycles. The third-order valence-electron chi connectivity index (χ3n) is 2.51. The summed E-state index contributed by atoms with van der Waals surface area (Å²) in [4.78, 5) is 11.8. The van der Waals surface area contributed by atoms with Crippen LogP contribution in [0.1, 0.15) is 17.3 Å². The first-order valence-electron chi connectivity index (χ1n) is 5.79. The first-order chi connectivity index (χ1) is 8.66. The van der Waals surface area contributed by atoms with Crippen molar-refractivity contribution in [1.29, 1.82) is 0 Å². The SMILES string of the molecule is CC(N)C(=O)c1cccc(Oc2ccccc2)c1. The second kappa shape index (κ2) is 5.47. The van der Waals surface area contributed by atoms with Gasteiger partial charge in [0.15, 0.2) is 5.78 Å². The van der Waals surface area contributed by atoms with Crippen LogP contribution < -0.4 is 10.5 Å². The molecule has 2 rings (SSSR count). The standard InChI is InChI=1S/C15H15NO2/c1-11(16)15(17)12-6-5-9-14(10-12)18-13-7-3-2-4-8-13/h2-11H,16H2,1H3. The number of nitrogens with two attached hydrogens (primary N) is 1. The Balaban J connectivity index is 2.20. The van der Waals surface area contributed by atoms with Gasteiger partial charge in [0.25, 0.3) is 0 Å². The summed E-state index contributed by atoms with van der Waals surface area (Å²) in [5.41, 5.74) is 6.15. The summed E-state index contributed by atoms with van der Waals surface area (Å²) < 4.78 is 5.66. The predicted molar refractivity (Wildman–Crippen MR) is 70.9 cm³/mol. The summed E-state index contributed by atoms with van der Waals surface area (Å²) in [5.74, 6) is 1.28. The Morgan fingerprint density at radius 2 is 1.72 bits per heavy atom. The molecule has 0 saturated heterocycles. The van der Waals surface area contributed by atoms with Crippen molar-refractivity contribution < 1.29 is 9.53 Å². The summed E-state index contributed by atoms with van der Waals surface area (Å²) in [6.45, 7) is 1.67. The van der Waals surface area contributed by atoms with Crippen LogP contribution in [-0.2, 0) is 0 Å². The molecule has 0 amide bonds. The zero-order chi connectivity index (χ0) is 13.0. The smallest absolute Gasteiger partial charge is 0.179 e. The number of ether oxygens (including phenoxy) is 1. The van der Waals surface area contributed by atoms with Crippen molar-refractivity contribution >= 4 is 5.78 Å². The van der Waals surface area contributed by atoms with Crippen LogP contribution in [0.25, 0.3) is 0 Å². The Bertz CT molecular complexity index is 535. The van der Waals surface area contributed by atoms with E-state index in [4.69, 9.17) is 10.5 Å². The van der Waals surface area contributed by atoms with E-state index in [0.29, 0.717) is 11.3 Å². The van der Waals surface area contributed by atoms with Crippen LogP contribution in [0.5, 0.6) is 11.5 Å². The number of para-hydroxylation sites is 1. The molecule has 92 valence electrons. The van der Waals surface area contributed by atoms with Gasteiger partial charge < -0.3 is 10.5 Å². The molecule has 18 heavy (non-hydrogen) atoms. The molecule has 0 aliphatic rings. The van der Waals surface area contributed by atoms with Gasteiger partial charge >= 0.3 is 0 Å². The van der Waals surface area contributed by atoms with Crippen LogP contribution in [0.15, 0.2) is 54.6 Å². The van der Waals surface area contributed by atoms with E-state index in [1.807, 2.05) is 36.4 Å². The highest BCUT2D eigenvalue weighted by molar-refractivity contribution is 5.99. The maximum absolute atomic E-state index is 11.8. The molecule has 3 nitrogen and oxygen atoms in total. The van der Waals surface area contributed by atoms with Gasteiger partial charge in [-0.25, -0.2) is 0 Å². The van der Waals surface area contributed by atoms with Crippen molar-refractivity contribution in [3.05, 3.63) is 60.2 Å². The highest BCUT2D eigenvalue weighted by atomic mass is 16.5. The zero-order valence-electron chi connectivity index (χ0n) is 10.2. The fourth-order valence-corrected chi connectivity index (χ4v) is 1.60. The molecule has 0 heterocycles. The average molecular weight is 241 g/mol. The topological polar surface area (TPSA) is 52.3 Å². The third-order valence-corrected chi connectivity index (χ3v) is 2.51. The van der Waals surface area contributed by atoms with Gasteiger partial charge in [0.1, 0.15) is 11.5 Å². The molecule has 2 aromatic rings. The molecule has 0 aliphatic heterocycles. The number of ketones is 1. The van der Waals surface area contributed by atoms with E-state index in [9.17, 15) is 4.79 Å². The molecule has 0 fully saturated rings. The average Bonchev–Trinajstić information content (AvgIpc) is 2.39. The minimum Gasteiger partial charge on any atom is -0.457 e. The normalized spacial score (nSPS) is 11.9. The van der Waals surface area contributed by atoms with Gasteiger partial charge in [-0.2, -0.15) is 0 Å². The van der Waals surface area contributed by atoms with E-state index >= 15 is 0 Å². The molecule has 0 radical (unpaired) electrons. The quantitative estimate of drug-likeness (QED) is 0.837. The minimum absolute atomic E-state index is 0.0893. The summed E-state index contributed by atoms with van der Waals surface area (Å²) in [6.07, 6.45) is 0. The van der Waals surface area contributed by atoms with Crippen LogP contribution in [0.3, 0.4) is 0 Å². The Labute approximate surface area is 106 Å². The van der Waals surface area contributed by atoms with Gasteiger partial charge in [0.05, 0.1) is 6.04 Å². The monoisotopic (exact) mass is 241 g/mol. The molecular weight excluding hydrogens is 226 g/mol. The van der Waals surface area contributed by atoms with E-state index in [1.165, 1.54) is 0 Å². The van der Waals surface area contributed by atoms with Gasteiger partial charge in [-0.1, -0.05) is 30.3 Å². The lowest BCUT2D eigenvalue weighted by Crippen LogP contribution is -2.26. The van der Waals surface area contributed by atoms with Gasteiger partial charge in [-0.15, -0.1) is 0 Å². The fourth-order valence-electron chi connectivity index (χ4n) is 1.60. The lowest BCUT2D eigenvalue weighted by atomic mass is 10.1. The molecular formula is C15H15NO2. The summed E-state index contributed by atoms with van der Waals surface area (Å²) in [6, 6.07) is 16.0. The second-order valence-corrected chi connectivity index (χ2v) is 4.10. The van der Waals surface area contributed by atoms with Crippen molar-refractivity contribution in [2.45, 2.75) is 13.0 Å². The third kappa shape index (κ3) is 2.96. The first-order valence-corrected chi connectivity index (χ1v) is 5.79. The Hall–Kier alpha value is -2.13. The first kappa shape index (κ1) is 12.3. The van der Waals surface area contributed by atoms with Crippen molar-refractivity contribution in [2.75, 3.05) is 0 Å². The largest absolute Gasteiger partial charge is 0.457 e. The van der Waals surface area contributed by atoms with Crippen LogP contribution in [0.4, 0.5) is 0 Å². The molecule has 0 aromatic heterocycles. The van der Waals surface area contributed by atoms with Crippen molar-refractivity contribution in [1.82, 2.24) is 0 Å². The molecule has 2 N–H and O–H groups in total. The second-order valence-electron chi connectivity index (χ2n) is 4.10. The summed E-state index contributed by atoms with van der Waals surface area (Å²) >= 11 is 0. The van der Waals surface area contributed by atoms with Crippen LogP contribution >= 0.6 is 0 Å². The van der Waals surface area contributed by atoms with E-state index in [2.05, 4.69) is 0 Å². The maximum atomic E-state index is 11.8. The fraction of sp³-hybridized carbons (Fsp3) is 0.133. The number of hydrogen-bond acceptors (Lipinski definition) is 3. The Kier molecular flexibility index (Phi) is 3.75. The zero-order valence-corrected chi connectivity index (χ0v) is 10.2. The van der Waals surface area contributed by atoms with Gasteiger partial charge in [-0.05, 0) is 31.2 Å². The summed E-state index contributed by atoms with van der Waals surface area (Å²) in [7, 11) is 0. The number of Topliss-reactive ketones (excluding diaryl/α,β-unsaturated/α-hetero) is 1. The van der Waals surface area contributed by atoms with Crippen molar-refractivity contribution in [2.24, 2.45) is 5.73 Å². The van der Waals surface area contributed by atoms with E-state index in [0.717, 1.165) is 5.75 Å². The van der Waals surface area contributed by atoms with E-state index < -0.39 is 6.04 Å². The maximum Gasteiger partial charge on any atom is 0.179 e. The lowest BCUT2D eigenvalue weighted by Gasteiger charge is -2.08. The number of benzene rings is 2. The molecule has 1 unspecified atom stereocenters. The number of rotatable bonds is 4. The van der Waals surface area contributed by atoms with Crippen LogP contribution in [-0.4, -0.2) is 11.8 Å². The number of carbonyl (C=O) groups is 1. The summed E-state index contributed by atoms with van der Waals surface area (Å²) in [5, 5.41) is 0.